The predicted octanol–water partition coefficient (Wildman–Crippen LogP) is 5.34. The lowest BCUT2D eigenvalue weighted by molar-refractivity contribution is -0.122. The molecular formula is C33H31FN4O5S2. The van der Waals surface area contributed by atoms with Gasteiger partial charge in [-0.2, -0.15) is 0 Å². The van der Waals surface area contributed by atoms with Gasteiger partial charge in [0, 0.05) is 35.3 Å². The van der Waals surface area contributed by atoms with Crippen molar-refractivity contribution in [3.63, 3.8) is 0 Å². The SMILES string of the molecule is CCN(CC)c1ccc([C@@H]2c3sc(=O)n(CC(=O)Nc4ccc(F)cc4)c3S[C@H]3C(=O)N(c4ccc(OC)cc4)C(=O)[C@@H]23)cc1. The lowest BCUT2D eigenvalue weighted by Gasteiger charge is -2.31. The molecular weight excluding hydrogens is 616 g/mol. The van der Waals surface area contributed by atoms with Crippen molar-refractivity contribution in [1.82, 2.24) is 4.57 Å². The van der Waals surface area contributed by atoms with Gasteiger partial charge in [-0.25, -0.2) is 9.29 Å². The van der Waals surface area contributed by atoms with Gasteiger partial charge >= 0.3 is 4.87 Å². The first-order valence-corrected chi connectivity index (χ1v) is 16.3. The average molecular weight is 647 g/mol. The molecule has 0 radical (unpaired) electrons. The number of aromatic nitrogens is 1. The van der Waals surface area contributed by atoms with Gasteiger partial charge < -0.3 is 15.0 Å². The van der Waals surface area contributed by atoms with Gasteiger partial charge in [0.1, 0.15) is 23.4 Å². The number of carbonyl (C=O) groups is 3. The molecule has 0 spiro atoms. The van der Waals surface area contributed by atoms with Crippen LogP contribution in [0.4, 0.5) is 21.5 Å². The number of thioether (sulfide) groups is 1. The number of methoxy groups -OCH3 is 1. The number of anilines is 3. The maximum absolute atomic E-state index is 14.1. The molecule has 0 unspecified atom stereocenters. The van der Waals surface area contributed by atoms with Crippen LogP contribution >= 0.6 is 23.1 Å². The largest absolute Gasteiger partial charge is 0.497 e. The van der Waals surface area contributed by atoms with Crippen molar-refractivity contribution in [3.05, 3.63) is 98.7 Å². The van der Waals surface area contributed by atoms with E-state index in [0.717, 1.165) is 47.4 Å². The summed E-state index contributed by atoms with van der Waals surface area (Å²) in [7, 11) is 1.54. The number of rotatable bonds is 9. The fraction of sp³-hybridized carbons (Fsp3) is 0.273. The monoisotopic (exact) mass is 646 g/mol. The molecule has 3 aromatic carbocycles. The first-order chi connectivity index (χ1) is 21.7. The van der Waals surface area contributed by atoms with Gasteiger partial charge in [-0.15, -0.1) is 0 Å². The number of amides is 3. The summed E-state index contributed by atoms with van der Waals surface area (Å²) >= 11 is 2.15. The Morgan fingerprint density at radius 2 is 1.60 bits per heavy atom. The molecule has 3 atom stereocenters. The van der Waals surface area contributed by atoms with E-state index < -0.39 is 28.8 Å². The molecule has 1 N–H and O–H groups in total. The quantitative estimate of drug-likeness (QED) is 0.245. The minimum atomic E-state index is -0.806. The van der Waals surface area contributed by atoms with Crippen LogP contribution in [0.25, 0.3) is 0 Å². The van der Waals surface area contributed by atoms with E-state index in [0.29, 0.717) is 27.0 Å². The fourth-order valence-electron chi connectivity index (χ4n) is 5.96. The van der Waals surface area contributed by atoms with E-state index in [4.69, 9.17) is 4.74 Å². The highest BCUT2D eigenvalue weighted by Gasteiger charge is 2.56. The van der Waals surface area contributed by atoms with E-state index >= 15 is 0 Å². The number of fused-ring (bicyclic) bond motifs is 2. The molecule has 2 aliphatic rings. The summed E-state index contributed by atoms with van der Waals surface area (Å²) in [6, 6.07) is 20.0. The third kappa shape index (κ3) is 5.64. The zero-order valence-corrected chi connectivity index (χ0v) is 26.5. The van der Waals surface area contributed by atoms with Gasteiger partial charge in [0.2, 0.25) is 17.7 Å². The summed E-state index contributed by atoms with van der Waals surface area (Å²) in [5, 5.41) is 2.39. The van der Waals surface area contributed by atoms with Gasteiger partial charge in [0.15, 0.2) is 0 Å². The summed E-state index contributed by atoms with van der Waals surface area (Å²) < 4.78 is 20.0. The second kappa shape index (κ2) is 12.5. The van der Waals surface area contributed by atoms with Crippen molar-refractivity contribution < 1.29 is 23.5 Å². The van der Waals surface area contributed by atoms with Gasteiger partial charge in [-0.05, 0) is 80.1 Å². The Kier molecular flexibility index (Phi) is 8.52. The highest BCUT2D eigenvalue weighted by molar-refractivity contribution is 8.00. The molecule has 12 heteroatoms. The van der Waals surface area contributed by atoms with Crippen LogP contribution in [0.2, 0.25) is 0 Å². The van der Waals surface area contributed by atoms with Crippen LogP contribution in [-0.2, 0) is 20.9 Å². The lowest BCUT2D eigenvalue weighted by atomic mass is 9.83. The number of hydrogen-bond acceptors (Lipinski definition) is 8. The number of carbonyl (C=O) groups excluding carboxylic acids is 3. The molecule has 0 aliphatic carbocycles. The van der Waals surface area contributed by atoms with E-state index in [-0.39, 0.29) is 23.2 Å². The molecule has 6 rings (SSSR count). The van der Waals surface area contributed by atoms with E-state index in [1.54, 1.807) is 31.4 Å². The van der Waals surface area contributed by atoms with Crippen LogP contribution in [0.1, 0.15) is 30.2 Å². The number of hydrogen-bond donors (Lipinski definition) is 1. The van der Waals surface area contributed by atoms with Crippen LogP contribution in [-0.4, -0.2) is 47.7 Å². The molecule has 232 valence electrons. The molecule has 3 heterocycles. The first-order valence-electron chi connectivity index (χ1n) is 14.6. The molecule has 4 aromatic rings. The highest BCUT2D eigenvalue weighted by atomic mass is 32.2. The van der Waals surface area contributed by atoms with Crippen LogP contribution in [0.3, 0.4) is 0 Å². The van der Waals surface area contributed by atoms with Crippen molar-refractivity contribution in [1.29, 1.82) is 0 Å². The number of benzene rings is 3. The Morgan fingerprint density at radius 3 is 2.22 bits per heavy atom. The number of thiazole rings is 1. The van der Waals surface area contributed by atoms with Crippen molar-refractivity contribution in [2.45, 2.75) is 36.6 Å². The molecule has 1 aromatic heterocycles. The lowest BCUT2D eigenvalue weighted by Crippen LogP contribution is -2.33. The number of nitrogens with zero attached hydrogens (tertiary/aromatic N) is 3. The number of halogens is 1. The second-order valence-corrected chi connectivity index (χ2v) is 12.8. The van der Waals surface area contributed by atoms with E-state index in [9.17, 15) is 23.6 Å². The van der Waals surface area contributed by atoms with E-state index in [2.05, 4.69) is 24.1 Å². The minimum Gasteiger partial charge on any atom is -0.497 e. The Balaban J connectivity index is 1.40. The van der Waals surface area contributed by atoms with E-state index in [1.165, 1.54) is 33.7 Å². The van der Waals surface area contributed by atoms with Crippen molar-refractivity contribution in [2.24, 2.45) is 5.92 Å². The molecule has 9 nitrogen and oxygen atoms in total. The molecule has 2 aliphatic heterocycles. The molecule has 45 heavy (non-hydrogen) atoms. The summed E-state index contributed by atoms with van der Waals surface area (Å²) in [5.41, 5.74) is 2.67. The second-order valence-electron chi connectivity index (χ2n) is 10.7. The standard InChI is InChI=1S/C33H31FN4O5S2/c1-4-36(5-2)22-12-6-19(7-13-22)26-27-28(31(41)38(30(27)40)23-14-16-24(43-3)17-15-23)44-32-29(26)45-33(42)37(32)18-25(39)35-21-10-8-20(34)9-11-21/h6-17,26-28H,4-5,18H2,1-3H3,(H,35,39)/t26-,27-,28+/m0/s1. The number of nitrogens with one attached hydrogen (secondary N) is 1. The fourth-order valence-corrected chi connectivity index (χ4v) is 8.73. The van der Waals surface area contributed by atoms with Gasteiger partial charge in [0.25, 0.3) is 0 Å². The molecule has 0 bridgehead atoms. The minimum absolute atomic E-state index is 0.301. The topological polar surface area (TPSA) is 101 Å². The van der Waals surface area contributed by atoms with Gasteiger partial charge in [-0.1, -0.05) is 35.2 Å². The van der Waals surface area contributed by atoms with Crippen LogP contribution < -0.4 is 24.7 Å². The zero-order valence-electron chi connectivity index (χ0n) is 24.9. The molecule has 0 saturated carbocycles. The Labute approximate surface area is 267 Å². The third-order valence-corrected chi connectivity index (χ3v) is 10.8. The van der Waals surface area contributed by atoms with Gasteiger partial charge in [-0.3, -0.25) is 23.7 Å². The first kappa shape index (κ1) is 30.6. The Morgan fingerprint density at radius 1 is 0.933 bits per heavy atom. The number of ether oxygens (including phenoxy) is 1. The smallest absolute Gasteiger partial charge is 0.308 e. The summed E-state index contributed by atoms with van der Waals surface area (Å²) in [5.74, 6) is -2.35. The molecule has 3 amide bonds. The van der Waals surface area contributed by atoms with Gasteiger partial charge in [0.05, 0.1) is 23.7 Å². The zero-order chi connectivity index (χ0) is 31.8. The van der Waals surface area contributed by atoms with E-state index in [1.807, 2.05) is 24.3 Å². The van der Waals surface area contributed by atoms with Crippen molar-refractivity contribution in [3.8, 4) is 5.75 Å². The predicted molar refractivity (Wildman–Crippen MR) is 174 cm³/mol. The summed E-state index contributed by atoms with van der Waals surface area (Å²) in [6.45, 7) is 5.52. The van der Waals surface area contributed by atoms with Crippen molar-refractivity contribution >= 4 is 57.9 Å². The average Bonchev–Trinajstić information content (AvgIpc) is 3.49. The third-order valence-electron chi connectivity index (χ3n) is 8.19. The van der Waals surface area contributed by atoms with Crippen LogP contribution in [0, 0.1) is 11.7 Å². The Bertz CT molecular complexity index is 1800. The maximum Gasteiger partial charge on any atom is 0.308 e. The maximum atomic E-state index is 14.1. The molecule has 1 saturated heterocycles. The Hall–Kier alpha value is -4.42. The van der Waals surface area contributed by atoms with Crippen LogP contribution in [0.5, 0.6) is 5.75 Å². The summed E-state index contributed by atoms with van der Waals surface area (Å²) in [4.78, 5) is 58.3. The molecule has 1 fully saturated rings. The van der Waals surface area contributed by atoms with Crippen LogP contribution in [0.15, 0.2) is 82.6 Å². The summed E-state index contributed by atoms with van der Waals surface area (Å²) in [6.07, 6.45) is 0. The highest BCUT2D eigenvalue weighted by Crippen LogP contribution is 2.54. The number of imide groups is 1. The van der Waals surface area contributed by atoms with Crippen molar-refractivity contribution in [2.75, 3.05) is 35.3 Å². The normalized spacial score (nSPS) is 18.8.